The van der Waals surface area contributed by atoms with E-state index in [1.807, 2.05) is 16.8 Å². The lowest BCUT2D eigenvalue weighted by atomic mass is 10.2. The van der Waals surface area contributed by atoms with Gasteiger partial charge < -0.3 is 10.1 Å². The van der Waals surface area contributed by atoms with Gasteiger partial charge in [0.05, 0.1) is 16.6 Å². The molecule has 1 aromatic carbocycles. The molecule has 0 aliphatic rings. The number of benzene rings is 1. The van der Waals surface area contributed by atoms with Crippen LogP contribution in [0, 0.1) is 5.82 Å². The van der Waals surface area contributed by atoms with Crippen molar-refractivity contribution < 1.29 is 14.3 Å². The van der Waals surface area contributed by atoms with E-state index in [0.717, 1.165) is 11.6 Å². The van der Waals surface area contributed by atoms with Crippen molar-refractivity contribution >= 4 is 28.3 Å². The summed E-state index contributed by atoms with van der Waals surface area (Å²) in [5.74, 6) is -1.46. The average Bonchev–Trinajstić information content (AvgIpc) is 2.95. The van der Waals surface area contributed by atoms with Crippen molar-refractivity contribution in [2.75, 3.05) is 0 Å². The number of halogens is 1. The number of nitrogens with zero attached hydrogens (tertiary/aromatic N) is 1. The van der Waals surface area contributed by atoms with Crippen LogP contribution in [0.4, 0.5) is 4.39 Å². The van der Waals surface area contributed by atoms with E-state index >= 15 is 0 Å². The van der Waals surface area contributed by atoms with E-state index in [1.165, 1.54) is 17.4 Å². The number of imidazole rings is 1. The Kier molecular flexibility index (Phi) is 2.38. The molecule has 2 N–H and O–H groups in total. The van der Waals surface area contributed by atoms with Gasteiger partial charge in [-0.25, -0.2) is 14.2 Å². The Bertz CT molecular complexity index is 734. The molecule has 0 bridgehead atoms. The average molecular weight is 262 g/mol. The number of aromatic amines is 1. The molecule has 0 saturated carbocycles. The predicted molar refractivity (Wildman–Crippen MR) is 66.3 cm³/mol. The van der Waals surface area contributed by atoms with Crippen LogP contribution in [0.25, 0.3) is 22.4 Å². The van der Waals surface area contributed by atoms with Gasteiger partial charge in [-0.3, -0.25) is 0 Å². The molecule has 6 heteroatoms. The summed E-state index contributed by atoms with van der Waals surface area (Å²) in [6.07, 6.45) is 0. The number of rotatable bonds is 2. The lowest BCUT2D eigenvalue weighted by molar-refractivity contribution is 0.0692. The summed E-state index contributed by atoms with van der Waals surface area (Å²) in [6.45, 7) is 0. The number of thiophene rings is 1. The van der Waals surface area contributed by atoms with Crippen LogP contribution in [0.1, 0.15) is 10.4 Å². The maximum absolute atomic E-state index is 13.5. The van der Waals surface area contributed by atoms with E-state index in [4.69, 9.17) is 5.11 Å². The number of hydrogen-bond acceptors (Lipinski definition) is 3. The number of carboxylic acids is 1. The number of carboxylic acid groups (broad SMARTS) is 1. The van der Waals surface area contributed by atoms with Gasteiger partial charge >= 0.3 is 5.97 Å². The molecular weight excluding hydrogens is 255 g/mol. The predicted octanol–water partition coefficient (Wildman–Crippen LogP) is 3.13. The number of aromatic carboxylic acids is 1. The molecule has 90 valence electrons. The Morgan fingerprint density at radius 3 is 2.94 bits per heavy atom. The number of carbonyl (C=O) groups is 1. The van der Waals surface area contributed by atoms with Gasteiger partial charge in [-0.1, -0.05) is 0 Å². The molecule has 3 aromatic rings. The summed E-state index contributed by atoms with van der Waals surface area (Å²) < 4.78 is 13.5. The van der Waals surface area contributed by atoms with Crippen molar-refractivity contribution in [3.05, 3.63) is 40.3 Å². The molecule has 3 rings (SSSR count). The summed E-state index contributed by atoms with van der Waals surface area (Å²) in [5.41, 5.74) is 1.45. The van der Waals surface area contributed by atoms with Gasteiger partial charge in [0.2, 0.25) is 0 Å². The van der Waals surface area contributed by atoms with E-state index < -0.39 is 11.8 Å². The molecule has 0 aliphatic carbocycles. The second-order valence-electron chi connectivity index (χ2n) is 3.75. The van der Waals surface area contributed by atoms with Crippen molar-refractivity contribution in [2.24, 2.45) is 0 Å². The van der Waals surface area contributed by atoms with Crippen molar-refractivity contribution in [3.8, 4) is 11.4 Å². The first-order valence-corrected chi connectivity index (χ1v) is 6.04. The minimum atomic E-state index is -1.30. The van der Waals surface area contributed by atoms with Gasteiger partial charge in [0.25, 0.3) is 0 Å². The summed E-state index contributed by atoms with van der Waals surface area (Å²) in [6, 6.07) is 4.28. The first-order valence-electron chi connectivity index (χ1n) is 5.10. The van der Waals surface area contributed by atoms with Crippen molar-refractivity contribution in [3.63, 3.8) is 0 Å². The molecular formula is C12H7FN2O2S. The minimum Gasteiger partial charge on any atom is -0.478 e. The number of fused-ring (bicyclic) bond motifs is 1. The highest BCUT2D eigenvalue weighted by Gasteiger charge is 2.14. The quantitative estimate of drug-likeness (QED) is 0.745. The lowest BCUT2D eigenvalue weighted by Crippen LogP contribution is -1.99. The standard InChI is InChI=1S/C12H7FN2O2S/c13-8-4-10-9(3-7(8)12(16)17)14-11(15-10)6-1-2-18-5-6/h1-5H,(H,14,15)(H,16,17). The first-order chi connectivity index (χ1) is 8.65. The second kappa shape index (κ2) is 3.92. The van der Waals surface area contributed by atoms with E-state index in [-0.39, 0.29) is 5.56 Å². The van der Waals surface area contributed by atoms with Crippen LogP contribution in [-0.4, -0.2) is 21.0 Å². The highest BCUT2D eigenvalue weighted by Crippen LogP contribution is 2.24. The van der Waals surface area contributed by atoms with Crippen molar-refractivity contribution in [2.45, 2.75) is 0 Å². The van der Waals surface area contributed by atoms with E-state index in [0.29, 0.717) is 16.9 Å². The Morgan fingerprint density at radius 1 is 1.44 bits per heavy atom. The molecule has 0 spiro atoms. The summed E-state index contributed by atoms with van der Waals surface area (Å²) in [7, 11) is 0. The molecule has 0 amide bonds. The van der Waals surface area contributed by atoms with Gasteiger partial charge in [-0.15, -0.1) is 0 Å². The zero-order valence-electron chi connectivity index (χ0n) is 8.98. The monoisotopic (exact) mass is 262 g/mol. The topological polar surface area (TPSA) is 66.0 Å². The Labute approximate surface area is 105 Å². The molecule has 0 aliphatic heterocycles. The van der Waals surface area contributed by atoms with E-state index in [1.54, 1.807) is 0 Å². The highest BCUT2D eigenvalue weighted by molar-refractivity contribution is 7.08. The fourth-order valence-electron chi connectivity index (χ4n) is 1.73. The van der Waals surface area contributed by atoms with Gasteiger partial charge in [0.15, 0.2) is 0 Å². The zero-order chi connectivity index (χ0) is 12.7. The molecule has 2 heterocycles. The Morgan fingerprint density at radius 2 is 2.28 bits per heavy atom. The fourth-order valence-corrected chi connectivity index (χ4v) is 2.37. The lowest BCUT2D eigenvalue weighted by Gasteiger charge is -1.95. The maximum Gasteiger partial charge on any atom is 0.338 e. The van der Waals surface area contributed by atoms with Crippen LogP contribution < -0.4 is 0 Å². The van der Waals surface area contributed by atoms with Gasteiger partial charge in [-0.05, 0) is 17.5 Å². The van der Waals surface area contributed by atoms with Crippen LogP contribution in [0.3, 0.4) is 0 Å². The zero-order valence-corrected chi connectivity index (χ0v) is 9.79. The molecule has 0 saturated heterocycles. The smallest absolute Gasteiger partial charge is 0.338 e. The van der Waals surface area contributed by atoms with Gasteiger partial charge in [-0.2, -0.15) is 11.3 Å². The molecule has 4 nitrogen and oxygen atoms in total. The largest absolute Gasteiger partial charge is 0.478 e. The van der Waals surface area contributed by atoms with Crippen LogP contribution in [0.15, 0.2) is 29.0 Å². The minimum absolute atomic E-state index is 0.370. The first kappa shape index (κ1) is 10.9. The van der Waals surface area contributed by atoms with Gasteiger partial charge in [0.1, 0.15) is 11.6 Å². The van der Waals surface area contributed by atoms with Crippen molar-refractivity contribution in [1.29, 1.82) is 0 Å². The Hall–Kier alpha value is -2.21. The molecule has 0 unspecified atom stereocenters. The fraction of sp³-hybridized carbons (Fsp3) is 0. The molecule has 0 atom stereocenters. The van der Waals surface area contributed by atoms with Crippen LogP contribution >= 0.6 is 11.3 Å². The summed E-state index contributed by atoms with van der Waals surface area (Å²) in [4.78, 5) is 18.1. The third kappa shape index (κ3) is 1.67. The maximum atomic E-state index is 13.5. The van der Waals surface area contributed by atoms with E-state index in [9.17, 15) is 9.18 Å². The molecule has 0 radical (unpaired) electrons. The van der Waals surface area contributed by atoms with E-state index in [2.05, 4.69) is 9.97 Å². The number of nitrogens with one attached hydrogen (secondary N) is 1. The number of hydrogen-bond donors (Lipinski definition) is 2. The summed E-state index contributed by atoms with van der Waals surface area (Å²) in [5, 5.41) is 12.7. The normalized spacial score (nSPS) is 10.9. The van der Waals surface area contributed by atoms with Crippen molar-refractivity contribution in [1.82, 2.24) is 9.97 Å². The second-order valence-corrected chi connectivity index (χ2v) is 4.53. The SMILES string of the molecule is O=C(O)c1cc2nc(-c3ccsc3)[nH]c2cc1F. The van der Waals surface area contributed by atoms with Crippen LogP contribution in [-0.2, 0) is 0 Å². The molecule has 2 aromatic heterocycles. The number of H-pyrrole nitrogens is 1. The molecule has 0 fully saturated rings. The van der Waals surface area contributed by atoms with Gasteiger partial charge in [0, 0.05) is 17.0 Å². The summed E-state index contributed by atoms with van der Waals surface area (Å²) >= 11 is 1.53. The van der Waals surface area contributed by atoms with Crippen LogP contribution in [0.2, 0.25) is 0 Å². The van der Waals surface area contributed by atoms with Crippen LogP contribution in [0.5, 0.6) is 0 Å². The Balaban J connectivity index is 2.21. The third-order valence-electron chi connectivity index (χ3n) is 2.60. The molecule has 18 heavy (non-hydrogen) atoms. The number of aromatic nitrogens is 2. The third-order valence-corrected chi connectivity index (χ3v) is 3.28. The highest BCUT2D eigenvalue weighted by atomic mass is 32.1.